The second-order valence-electron chi connectivity index (χ2n) is 18.1. The number of aliphatic hydroxyl groups excluding tert-OH is 1. The Morgan fingerprint density at radius 3 is 2.08 bits per heavy atom. The second-order valence-corrected chi connectivity index (χ2v) is 18.1. The quantitative estimate of drug-likeness (QED) is 0.0682. The zero-order chi connectivity index (χ0) is 49.9. The van der Waals surface area contributed by atoms with Crippen LogP contribution in [-0.4, -0.2) is 164 Å². The summed E-state index contributed by atoms with van der Waals surface area (Å²) in [5, 5.41) is 14.7. The molecule has 0 bridgehead atoms. The number of ether oxygens (including phenoxy) is 5. The number of nitrogens with one attached hydrogen (secondary N) is 2. The predicted octanol–water partition coefficient (Wildman–Crippen LogP) is 4.70. The molecule has 3 fully saturated rings. The van der Waals surface area contributed by atoms with Crippen molar-refractivity contribution in [2.75, 3.05) is 104 Å². The molecule has 4 aliphatic rings. The van der Waals surface area contributed by atoms with Crippen LogP contribution in [0.5, 0.6) is 5.75 Å². The standard InChI is InChI=1S/C50H60F3N7O11/c51-50(52,53)36-3-1-2-35(29-36)45(63)56-49-54-41-28-34(6-11-42(41)59(49)37-7-4-33(32-61)5-8-37)31-58-16-14-57(15-17-58)18-19-67-20-21-68-22-23-69-24-25-70-26-27-71-38-9-10-39-40(30-38)48(66)60(47(39)65)43-12-13-44(62)55-46(43)64/h1-3,6,9-11,28-30,33,37,43,61H,4-5,7-8,12-27,31-32H2,(H,54,56,63)(H,55,62,64)/t33-,37+,43?. The fourth-order valence-electron chi connectivity index (χ4n) is 9.44. The normalized spacial score (nSPS) is 20.2. The van der Waals surface area contributed by atoms with Crippen molar-refractivity contribution in [2.24, 2.45) is 5.92 Å². The van der Waals surface area contributed by atoms with Crippen LogP contribution in [0, 0.1) is 5.92 Å². The lowest BCUT2D eigenvalue weighted by molar-refractivity contribution is -0.138. The molecule has 1 saturated carbocycles. The molecule has 4 aromatic rings. The van der Waals surface area contributed by atoms with E-state index >= 15 is 0 Å². The maximum Gasteiger partial charge on any atom is 0.416 e. The third-order valence-electron chi connectivity index (χ3n) is 13.3. The lowest BCUT2D eigenvalue weighted by atomic mass is 9.86. The molecular weight excluding hydrogens is 932 g/mol. The summed E-state index contributed by atoms with van der Waals surface area (Å²) in [4.78, 5) is 73.5. The number of amides is 5. The molecule has 2 saturated heterocycles. The summed E-state index contributed by atoms with van der Waals surface area (Å²) in [7, 11) is 0. The molecule has 382 valence electrons. The number of aliphatic hydroxyl groups is 1. The maximum atomic E-state index is 13.4. The number of anilines is 1. The molecule has 1 aromatic heterocycles. The van der Waals surface area contributed by atoms with Crippen LogP contribution in [-0.2, 0) is 41.3 Å². The molecule has 18 nitrogen and oxygen atoms in total. The lowest BCUT2D eigenvalue weighted by Crippen LogP contribution is -2.54. The highest BCUT2D eigenvalue weighted by Gasteiger charge is 2.45. The highest BCUT2D eigenvalue weighted by atomic mass is 19.4. The zero-order valence-electron chi connectivity index (χ0n) is 39.5. The van der Waals surface area contributed by atoms with Gasteiger partial charge in [0.1, 0.15) is 18.4 Å². The van der Waals surface area contributed by atoms with E-state index < -0.39 is 47.3 Å². The van der Waals surface area contributed by atoms with Crippen LogP contribution in [0.1, 0.15) is 86.8 Å². The molecule has 1 unspecified atom stereocenters. The number of hydrogen-bond donors (Lipinski definition) is 3. The number of carbonyl (C=O) groups is 5. The van der Waals surface area contributed by atoms with Gasteiger partial charge in [-0.3, -0.25) is 49.3 Å². The van der Waals surface area contributed by atoms with Crippen LogP contribution in [0.3, 0.4) is 0 Å². The highest BCUT2D eigenvalue weighted by Crippen LogP contribution is 2.38. The summed E-state index contributed by atoms with van der Waals surface area (Å²) in [5.74, 6) is -2.04. The Morgan fingerprint density at radius 1 is 0.746 bits per heavy atom. The molecule has 21 heteroatoms. The summed E-state index contributed by atoms with van der Waals surface area (Å²) in [6.45, 7) is 8.67. The van der Waals surface area contributed by atoms with Crippen molar-refractivity contribution in [1.82, 2.24) is 29.6 Å². The highest BCUT2D eigenvalue weighted by molar-refractivity contribution is 6.23. The van der Waals surface area contributed by atoms with Gasteiger partial charge in [0.2, 0.25) is 17.8 Å². The van der Waals surface area contributed by atoms with Gasteiger partial charge in [0.15, 0.2) is 0 Å². The molecule has 0 radical (unpaired) electrons. The molecular formula is C50H60F3N7O11. The van der Waals surface area contributed by atoms with Gasteiger partial charge >= 0.3 is 6.18 Å². The van der Waals surface area contributed by atoms with E-state index in [4.69, 9.17) is 28.7 Å². The van der Waals surface area contributed by atoms with E-state index in [0.29, 0.717) is 70.0 Å². The molecule has 3 N–H and O–H groups in total. The van der Waals surface area contributed by atoms with Crippen molar-refractivity contribution in [2.45, 2.75) is 63.3 Å². The van der Waals surface area contributed by atoms with Gasteiger partial charge in [0.05, 0.1) is 80.6 Å². The lowest BCUT2D eigenvalue weighted by Gasteiger charge is -2.34. The van der Waals surface area contributed by atoms with Crippen molar-refractivity contribution in [3.05, 3.63) is 88.5 Å². The minimum atomic E-state index is -4.58. The Hall–Kier alpha value is -5.81. The first-order valence-corrected chi connectivity index (χ1v) is 24.2. The van der Waals surface area contributed by atoms with Gasteiger partial charge in [-0.2, -0.15) is 13.2 Å². The number of hydrogen-bond acceptors (Lipinski definition) is 14. The Labute approximate surface area is 408 Å². The van der Waals surface area contributed by atoms with E-state index in [0.717, 1.165) is 86.5 Å². The van der Waals surface area contributed by atoms with Crippen molar-refractivity contribution < 1.29 is 65.9 Å². The number of rotatable bonds is 23. The number of aromatic nitrogens is 2. The maximum absolute atomic E-state index is 13.4. The summed E-state index contributed by atoms with van der Waals surface area (Å²) in [6.07, 6.45) is -1.24. The molecule has 4 heterocycles. The van der Waals surface area contributed by atoms with Crippen molar-refractivity contribution in [3.8, 4) is 5.75 Å². The number of alkyl halides is 3. The van der Waals surface area contributed by atoms with Gasteiger partial charge in [0, 0.05) is 63.9 Å². The Balaban J connectivity index is 0.670. The fourth-order valence-corrected chi connectivity index (χ4v) is 9.44. The van der Waals surface area contributed by atoms with Crippen molar-refractivity contribution in [1.29, 1.82) is 0 Å². The third kappa shape index (κ3) is 13.2. The van der Waals surface area contributed by atoms with E-state index in [1.807, 2.05) is 16.7 Å². The second kappa shape index (κ2) is 24.1. The Morgan fingerprint density at radius 2 is 1.41 bits per heavy atom. The molecule has 3 aromatic carbocycles. The number of fused-ring (bicyclic) bond motifs is 2. The van der Waals surface area contributed by atoms with Gasteiger partial charge in [-0.1, -0.05) is 12.1 Å². The van der Waals surface area contributed by atoms with E-state index in [1.165, 1.54) is 24.3 Å². The van der Waals surface area contributed by atoms with E-state index in [1.54, 1.807) is 6.07 Å². The van der Waals surface area contributed by atoms with Gasteiger partial charge in [0.25, 0.3) is 17.7 Å². The molecule has 1 aliphatic carbocycles. The average Bonchev–Trinajstić information content (AvgIpc) is 3.84. The van der Waals surface area contributed by atoms with Gasteiger partial charge < -0.3 is 33.4 Å². The van der Waals surface area contributed by atoms with E-state index in [9.17, 15) is 42.3 Å². The summed E-state index contributed by atoms with van der Waals surface area (Å²) >= 11 is 0. The monoisotopic (exact) mass is 991 g/mol. The average molecular weight is 992 g/mol. The number of imidazole rings is 1. The van der Waals surface area contributed by atoms with Gasteiger partial charge in [-0.15, -0.1) is 0 Å². The largest absolute Gasteiger partial charge is 0.491 e. The Bertz CT molecular complexity index is 2520. The number of carbonyl (C=O) groups excluding carboxylic acids is 5. The summed E-state index contributed by atoms with van der Waals surface area (Å²) in [5.41, 5.74) is 1.93. The summed E-state index contributed by atoms with van der Waals surface area (Å²) < 4.78 is 70.6. The molecule has 3 aliphatic heterocycles. The van der Waals surface area contributed by atoms with E-state index in [-0.39, 0.29) is 61.3 Å². The predicted molar refractivity (Wildman–Crippen MR) is 251 cm³/mol. The van der Waals surface area contributed by atoms with Gasteiger partial charge in [-0.05, 0) is 92.1 Å². The van der Waals surface area contributed by atoms with Crippen LogP contribution in [0.4, 0.5) is 19.1 Å². The van der Waals surface area contributed by atoms with Crippen LogP contribution < -0.4 is 15.4 Å². The first kappa shape index (κ1) is 51.5. The Kier molecular flexibility index (Phi) is 17.5. The smallest absolute Gasteiger partial charge is 0.416 e. The van der Waals surface area contributed by atoms with Crippen LogP contribution >= 0.6 is 0 Å². The van der Waals surface area contributed by atoms with E-state index in [2.05, 4.69) is 26.5 Å². The number of nitrogens with zero attached hydrogens (tertiary/aromatic N) is 5. The number of halogens is 3. The van der Waals surface area contributed by atoms with Crippen LogP contribution in [0.25, 0.3) is 11.0 Å². The first-order chi connectivity index (χ1) is 34.4. The third-order valence-corrected chi connectivity index (χ3v) is 13.3. The minimum absolute atomic E-state index is 0.0122. The number of piperazine rings is 1. The molecule has 0 spiro atoms. The van der Waals surface area contributed by atoms with Crippen molar-refractivity contribution in [3.63, 3.8) is 0 Å². The van der Waals surface area contributed by atoms with Crippen molar-refractivity contribution >= 4 is 46.5 Å². The number of imide groups is 2. The molecule has 8 rings (SSSR count). The number of piperidine rings is 1. The SMILES string of the molecule is O=C1CCC(N2C(=O)c3ccc(OCCOCCOCCOCCOCCN4CCN(Cc5ccc6c(c5)nc(NC(=O)c5cccc(C(F)(F)F)c5)n6[C@H]5CC[C@@H](CO)CC5)CC4)cc3C2=O)C(=O)N1. The molecule has 71 heavy (non-hydrogen) atoms. The molecule has 1 atom stereocenters. The fraction of sp³-hybridized carbons (Fsp3) is 0.520. The zero-order valence-corrected chi connectivity index (χ0v) is 39.5. The van der Waals surface area contributed by atoms with Gasteiger partial charge in [-0.25, -0.2) is 4.98 Å². The minimum Gasteiger partial charge on any atom is -0.491 e. The first-order valence-electron chi connectivity index (χ1n) is 24.2. The van der Waals surface area contributed by atoms with Crippen LogP contribution in [0.15, 0.2) is 60.7 Å². The number of benzene rings is 3. The van der Waals surface area contributed by atoms with Crippen LogP contribution in [0.2, 0.25) is 0 Å². The molecule has 5 amide bonds. The summed E-state index contributed by atoms with van der Waals surface area (Å²) in [6, 6.07) is 14.0. The topological polar surface area (TPSA) is 203 Å².